The van der Waals surface area contributed by atoms with E-state index in [-0.39, 0.29) is 18.0 Å². The van der Waals surface area contributed by atoms with E-state index in [4.69, 9.17) is 0 Å². The first-order valence-corrected chi connectivity index (χ1v) is 7.05. The van der Waals surface area contributed by atoms with Crippen molar-refractivity contribution in [2.24, 2.45) is 5.92 Å². The van der Waals surface area contributed by atoms with Gasteiger partial charge in [-0.3, -0.25) is 9.59 Å². The van der Waals surface area contributed by atoms with Crippen LogP contribution < -0.4 is 5.32 Å². The lowest BCUT2D eigenvalue weighted by molar-refractivity contribution is -0.128. The maximum Gasteiger partial charge on any atom is 0.229 e. The summed E-state index contributed by atoms with van der Waals surface area (Å²) in [5, 5.41) is 2.42. The molecule has 1 heterocycles. The molecule has 1 aromatic carbocycles. The van der Waals surface area contributed by atoms with E-state index in [9.17, 15) is 18.4 Å². The molecule has 1 fully saturated rings. The van der Waals surface area contributed by atoms with Crippen molar-refractivity contribution in [1.29, 1.82) is 0 Å². The molecule has 1 aliphatic heterocycles. The smallest absolute Gasteiger partial charge is 0.229 e. The first-order chi connectivity index (χ1) is 10.0. The number of carbonyl (C=O) groups is 2. The summed E-state index contributed by atoms with van der Waals surface area (Å²) in [7, 11) is 0. The number of nitrogens with one attached hydrogen (secondary N) is 1. The fraction of sp³-hybridized carbons (Fsp3) is 0.467. The van der Waals surface area contributed by atoms with Crippen molar-refractivity contribution in [3.8, 4) is 0 Å². The monoisotopic (exact) mass is 296 g/mol. The quantitative estimate of drug-likeness (QED) is 0.908. The molecule has 1 atom stereocenters. The van der Waals surface area contributed by atoms with Crippen LogP contribution in [0.5, 0.6) is 0 Å². The lowest BCUT2D eigenvalue weighted by Crippen LogP contribution is -2.29. The summed E-state index contributed by atoms with van der Waals surface area (Å²) in [4.78, 5) is 25.5. The standard InChI is InChI=1S/C15H18F2N2O2/c1-2-3-6-19-9-10(7-14(19)20)15(21)18-13-5-4-11(16)8-12(13)17/h4-5,8,10H,2-3,6-7,9H2,1H3,(H,18,21). The van der Waals surface area contributed by atoms with Gasteiger partial charge in [-0.25, -0.2) is 8.78 Å². The van der Waals surface area contributed by atoms with E-state index < -0.39 is 23.5 Å². The summed E-state index contributed by atoms with van der Waals surface area (Å²) in [5.74, 6) is -2.47. The average molecular weight is 296 g/mol. The molecule has 1 aromatic rings. The lowest BCUT2D eigenvalue weighted by atomic mass is 10.1. The van der Waals surface area contributed by atoms with Gasteiger partial charge in [-0.15, -0.1) is 0 Å². The third kappa shape index (κ3) is 3.77. The minimum Gasteiger partial charge on any atom is -0.342 e. The molecule has 2 amide bonds. The largest absolute Gasteiger partial charge is 0.342 e. The van der Waals surface area contributed by atoms with E-state index in [0.717, 1.165) is 18.9 Å². The number of benzene rings is 1. The molecule has 1 aliphatic rings. The van der Waals surface area contributed by atoms with Gasteiger partial charge in [-0.2, -0.15) is 0 Å². The first kappa shape index (κ1) is 15.4. The number of nitrogens with zero attached hydrogens (tertiary/aromatic N) is 1. The molecule has 2 rings (SSSR count). The second-order valence-electron chi connectivity index (χ2n) is 5.21. The molecule has 1 unspecified atom stereocenters. The third-order valence-electron chi connectivity index (χ3n) is 3.56. The molecule has 114 valence electrons. The lowest BCUT2D eigenvalue weighted by Gasteiger charge is -2.16. The first-order valence-electron chi connectivity index (χ1n) is 7.05. The van der Waals surface area contributed by atoms with Crippen molar-refractivity contribution in [2.45, 2.75) is 26.2 Å². The second kappa shape index (κ2) is 6.65. The van der Waals surface area contributed by atoms with Crippen molar-refractivity contribution in [3.63, 3.8) is 0 Å². The zero-order valence-electron chi connectivity index (χ0n) is 11.9. The Balaban J connectivity index is 1.96. The molecule has 0 aliphatic carbocycles. The van der Waals surface area contributed by atoms with Crippen molar-refractivity contribution in [2.75, 3.05) is 18.4 Å². The van der Waals surface area contributed by atoms with E-state index >= 15 is 0 Å². The third-order valence-corrected chi connectivity index (χ3v) is 3.56. The van der Waals surface area contributed by atoms with Crippen LogP contribution >= 0.6 is 0 Å². The van der Waals surface area contributed by atoms with Crippen LogP contribution in [0.15, 0.2) is 18.2 Å². The number of hydrogen-bond donors (Lipinski definition) is 1. The summed E-state index contributed by atoms with van der Waals surface area (Å²) in [6, 6.07) is 2.96. The zero-order valence-corrected chi connectivity index (χ0v) is 11.9. The van der Waals surface area contributed by atoms with Crippen LogP contribution in [0.3, 0.4) is 0 Å². The highest BCUT2D eigenvalue weighted by atomic mass is 19.1. The fourth-order valence-corrected chi connectivity index (χ4v) is 2.34. The average Bonchev–Trinajstić information content (AvgIpc) is 2.81. The molecular formula is C15H18F2N2O2. The van der Waals surface area contributed by atoms with E-state index in [1.807, 2.05) is 6.92 Å². The van der Waals surface area contributed by atoms with Gasteiger partial charge in [0.05, 0.1) is 11.6 Å². The van der Waals surface area contributed by atoms with Crippen LogP contribution in [-0.4, -0.2) is 29.8 Å². The Hall–Kier alpha value is -1.98. The molecular weight excluding hydrogens is 278 g/mol. The number of amides is 2. The summed E-state index contributed by atoms with van der Waals surface area (Å²) < 4.78 is 26.3. The Morgan fingerprint density at radius 1 is 1.43 bits per heavy atom. The highest BCUT2D eigenvalue weighted by molar-refractivity contribution is 5.97. The van der Waals surface area contributed by atoms with Crippen molar-refractivity contribution in [1.82, 2.24) is 4.90 Å². The number of rotatable bonds is 5. The number of likely N-dealkylation sites (tertiary alicyclic amines) is 1. The number of unbranched alkanes of at least 4 members (excludes halogenated alkanes) is 1. The molecule has 0 radical (unpaired) electrons. The van der Waals surface area contributed by atoms with Gasteiger partial charge in [-0.1, -0.05) is 13.3 Å². The van der Waals surface area contributed by atoms with E-state index in [1.165, 1.54) is 6.07 Å². The topological polar surface area (TPSA) is 49.4 Å². The van der Waals surface area contributed by atoms with Crippen LogP contribution in [0.25, 0.3) is 0 Å². The molecule has 0 saturated carbocycles. The molecule has 1 N–H and O–H groups in total. The van der Waals surface area contributed by atoms with Gasteiger partial charge in [0, 0.05) is 25.6 Å². The van der Waals surface area contributed by atoms with Gasteiger partial charge in [-0.05, 0) is 18.6 Å². The predicted octanol–water partition coefficient (Wildman–Crippen LogP) is 2.55. The van der Waals surface area contributed by atoms with Gasteiger partial charge >= 0.3 is 0 Å². The summed E-state index contributed by atoms with van der Waals surface area (Å²) in [5.41, 5.74) is -0.0687. The van der Waals surface area contributed by atoms with E-state index in [1.54, 1.807) is 4.90 Å². The molecule has 1 saturated heterocycles. The highest BCUT2D eigenvalue weighted by Gasteiger charge is 2.34. The maximum atomic E-state index is 13.5. The van der Waals surface area contributed by atoms with Crippen molar-refractivity contribution < 1.29 is 18.4 Å². The number of carbonyl (C=O) groups excluding carboxylic acids is 2. The summed E-state index contributed by atoms with van der Waals surface area (Å²) in [6.07, 6.45) is 2.01. The summed E-state index contributed by atoms with van der Waals surface area (Å²) >= 11 is 0. The predicted molar refractivity (Wildman–Crippen MR) is 74.6 cm³/mol. The van der Waals surface area contributed by atoms with Gasteiger partial charge in [0.25, 0.3) is 0 Å². The Kier molecular flexibility index (Phi) is 4.88. The SMILES string of the molecule is CCCCN1CC(C(=O)Nc2ccc(F)cc2F)CC1=O. The number of anilines is 1. The van der Waals surface area contributed by atoms with Crippen LogP contribution in [0.4, 0.5) is 14.5 Å². The number of halogens is 2. The Morgan fingerprint density at radius 3 is 2.86 bits per heavy atom. The molecule has 6 heteroatoms. The molecule has 21 heavy (non-hydrogen) atoms. The minimum atomic E-state index is -0.824. The molecule has 0 bridgehead atoms. The van der Waals surface area contributed by atoms with Gasteiger partial charge < -0.3 is 10.2 Å². The Bertz CT molecular complexity index is 548. The van der Waals surface area contributed by atoms with Crippen LogP contribution in [0, 0.1) is 17.6 Å². The Labute approximate surface area is 122 Å². The van der Waals surface area contributed by atoms with E-state index in [2.05, 4.69) is 5.32 Å². The van der Waals surface area contributed by atoms with Crippen molar-refractivity contribution in [3.05, 3.63) is 29.8 Å². The number of hydrogen-bond acceptors (Lipinski definition) is 2. The van der Waals surface area contributed by atoms with Crippen LogP contribution in [0.1, 0.15) is 26.2 Å². The van der Waals surface area contributed by atoms with Crippen LogP contribution in [0.2, 0.25) is 0 Å². The fourth-order valence-electron chi connectivity index (χ4n) is 2.34. The zero-order chi connectivity index (χ0) is 15.4. The second-order valence-corrected chi connectivity index (χ2v) is 5.21. The van der Waals surface area contributed by atoms with Crippen LogP contribution in [-0.2, 0) is 9.59 Å². The van der Waals surface area contributed by atoms with Gasteiger partial charge in [0.2, 0.25) is 11.8 Å². The minimum absolute atomic E-state index is 0.0526. The maximum absolute atomic E-state index is 13.5. The molecule has 0 aromatic heterocycles. The van der Waals surface area contributed by atoms with E-state index in [0.29, 0.717) is 19.2 Å². The van der Waals surface area contributed by atoms with Gasteiger partial charge in [0.15, 0.2) is 0 Å². The molecule has 4 nitrogen and oxygen atoms in total. The van der Waals surface area contributed by atoms with Gasteiger partial charge in [0.1, 0.15) is 11.6 Å². The van der Waals surface area contributed by atoms with Crippen molar-refractivity contribution >= 4 is 17.5 Å². The molecule has 0 spiro atoms. The normalized spacial score (nSPS) is 18.1. The summed E-state index contributed by atoms with van der Waals surface area (Å²) in [6.45, 7) is 3.03. The Morgan fingerprint density at radius 2 is 2.19 bits per heavy atom. The highest BCUT2D eigenvalue weighted by Crippen LogP contribution is 2.22.